The topological polar surface area (TPSA) is 92.4 Å². The lowest BCUT2D eigenvalue weighted by Gasteiger charge is -2.10. The molecule has 7 heteroatoms. The van der Waals surface area contributed by atoms with Crippen molar-refractivity contribution in [2.45, 2.75) is 25.3 Å². The van der Waals surface area contributed by atoms with E-state index in [0.717, 1.165) is 10.6 Å². The Kier molecular flexibility index (Phi) is 3.74. The Morgan fingerprint density at radius 1 is 1.43 bits per heavy atom. The van der Waals surface area contributed by atoms with E-state index in [1.807, 2.05) is 0 Å². The van der Waals surface area contributed by atoms with Crippen molar-refractivity contribution in [3.8, 4) is 10.6 Å². The normalized spacial score (nSPS) is 21.3. The van der Waals surface area contributed by atoms with Crippen molar-refractivity contribution in [2.75, 3.05) is 0 Å². The summed E-state index contributed by atoms with van der Waals surface area (Å²) in [4.78, 5) is 27.3. The maximum absolute atomic E-state index is 12.1. The maximum atomic E-state index is 12.1. The zero-order valence-corrected chi connectivity index (χ0v) is 11.9. The third kappa shape index (κ3) is 2.97. The van der Waals surface area contributed by atoms with Crippen LogP contribution in [-0.2, 0) is 4.79 Å². The average Bonchev–Trinajstić information content (AvgIpc) is 3.19. The third-order valence-electron chi connectivity index (χ3n) is 3.62. The molecule has 0 spiro atoms. The first kappa shape index (κ1) is 13.8. The molecule has 1 aliphatic rings. The van der Waals surface area contributed by atoms with Gasteiger partial charge in [-0.25, -0.2) is 4.98 Å². The van der Waals surface area contributed by atoms with Crippen molar-refractivity contribution in [3.63, 3.8) is 0 Å². The van der Waals surface area contributed by atoms with Crippen LogP contribution in [0.5, 0.6) is 0 Å². The average molecular weight is 306 g/mol. The SMILES string of the molecule is O=C(N[C@@H]1CC[C@H](C(=O)O)C1)c1csc(-c2ccoc2)n1. The first-order chi connectivity index (χ1) is 10.1. The lowest BCUT2D eigenvalue weighted by Crippen LogP contribution is -2.33. The van der Waals surface area contributed by atoms with Gasteiger partial charge in [-0.3, -0.25) is 9.59 Å². The van der Waals surface area contributed by atoms with E-state index >= 15 is 0 Å². The summed E-state index contributed by atoms with van der Waals surface area (Å²) in [7, 11) is 0. The molecule has 2 aromatic heterocycles. The molecule has 1 aliphatic carbocycles. The Balaban J connectivity index is 1.63. The summed E-state index contributed by atoms with van der Waals surface area (Å²) in [6, 6.07) is 1.70. The number of hydrogen-bond acceptors (Lipinski definition) is 5. The van der Waals surface area contributed by atoms with E-state index in [2.05, 4.69) is 10.3 Å². The monoisotopic (exact) mass is 306 g/mol. The maximum Gasteiger partial charge on any atom is 0.306 e. The first-order valence-corrected chi connectivity index (χ1v) is 7.53. The highest BCUT2D eigenvalue weighted by atomic mass is 32.1. The largest absolute Gasteiger partial charge is 0.481 e. The molecule has 0 saturated heterocycles. The van der Waals surface area contributed by atoms with Crippen LogP contribution in [0.1, 0.15) is 29.8 Å². The number of carbonyl (C=O) groups excluding carboxylic acids is 1. The molecule has 1 saturated carbocycles. The summed E-state index contributed by atoms with van der Waals surface area (Å²) in [5.74, 6) is -1.40. The molecule has 1 fully saturated rings. The number of carboxylic acids is 1. The van der Waals surface area contributed by atoms with E-state index < -0.39 is 5.97 Å². The Morgan fingerprint density at radius 2 is 2.29 bits per heavy atom. The smallest absolute Gasteiger partial charge is 0.306 e. The minimum absolute atomic E-state index is 0.0855. The van der Waals surface area contributed by atoms with Crippen molar-refractivity contribution < 1.29 is 19.1 Å². The minimum Gasteiger partial charge on any atom is -0.481 e. The Morgan fingerprint density at radius 3 is 2.95 bits per heavy atom. The molecule has 0 radical (unpaired) electrons. The van der Waals surface area contributed by atoms with Crippen LogP contribution in [0, 0.1) is 5.92 Å². The van der Waals surface area contributed by atoms with Gasteiger partial charge in [0.2, 0.25) is 0 Å². The number of aliphatic carboxylic acids is 1. The van der Waals surface area contributed by atoms with E-state index in [-0.39, 0.29) is 17.9 Å². The molecule has 6 nitrogen and oxygen atoms in total. The van der Waals surface area contributed by atoms with Crippen LogP contribution in [0.15, 0.2) is 28.4 Å². The fraction of sp³-hybridized carbons (Fsp3) is 0.357. The van der Waals surface area contributed by atoms with Crippen molar-refractivity contribution in [2.24, 2.45) is 5.92 Å². The minimum atomic E-state index is -0.789. The van der Waals surface area contributed by atoms with Gasteiger partial charge in [-0.2, -0.15) is 0 Å². The number of nitrogens with zero attached hydrogens (tertiary/aromatic N) is 1. The summed E-state index contributed by atoms with van der Waals surface area (Å²) in [5, 5.41) is 14.2. The number of furan rings is 1. The Hall–Kier alpha value is -2.15. The molecular weight excluding hydrogens is 292 g/mol. The number of rotatable bonds is 4. The van der Waals surface area contributed by atoms with Gasteiger partial charge in [-0.1, -0.05) is 0 Å². The quantitative estimate of drug-likeness (QED) is 0.904. The van der Waals surface area contributed by atoms with Gasteiger partial charge in [-0.05, 0) is 25.3 Å². The molecule has 0 bridgehead atoms. The molecule has 1 amide bonds. The van der Waals surface area contributed by atoms with Crippen LogP contribution >= 0.6 is 11.3 Å². The number of thiazole rings is 1. The summed E-state index contributed by atoms with van der Waals surface area (Å²) < 4.78 is 4.99. The van der Waals surface area contributed by atoms with Crippen LogP contribution in [0.2, 0.25) is 0 Å². The molecule has 3 rings (SSSR count). The Bertz CT molecular complexity index is 650. The van der Waals surface area contributed by atoms with E-state index in [9.17, 15) is 9.59 Å². The standard InChI is InChI=1S/C14H14N2O4S/c17-12(15-10-2-1-8(5-10)14(18)19)11-7-21-13(16-11)9-3-4-20-6-9/h3-4,6-8,10H,1-2,5H2,(H,15,17)(H,18,19)/t8-,10+/m0/s1. The summed E-state index contributed by atoms with van der Waals surface area (Å²) >= 11 is 1.37. The van der Waals surface area contributed by atoms with Gasteiger partial charge in [-0.15, -0.1) is 11.3 Å². The second-order valence-corrected chi connectivity index (χ2v) is 5.93. The molecular formula is C14H14N2O4S. The fourth-order valence-corrected chi connectivity index (χ4v) is 3.28. The molecule has 110 valence electrons. The van der Waals surface area contributed by atoms with Crippen molar-refractivity contribution in [1.29, 1.82) is 0 Å². The van der Waals surface area contributed by atoms with E-state index in [1.54, 1.807) is 24.0 Å². The summed E-state index contributed by atoms with van der Waals surface area (Å²) in [5.41, 5.74) is 1.20. The van der Waals surface area contributed by atoms with Gasteiger partial charge >= 0.3 is 5.97 Å². The number of carboxylic acid groups (broad SMARTS) is 1. The van der Waals surface area contributed by atoms with Crippen molar-refractivity contribution in [3.05, 3.63) is 29.7 Å². The molecule has 0 aromatic carbocycles. The number of carbonyl (C=O) groups is 2. The second kappa shape index (κ2) is 5.69. The van der Waals surface area contributed by atoms with Crippen molar-refractivity contribution in [1.82, 2.24) is 10.3 Å². The fourth-order valence-electron chi connectivity index (χ4n) is 2.49. The summed E-state index contributed by atoms with van der Waals surface area (Å²) in [6.45, 7) is 0. The molecule has 2 heterocycles. The van der Waals surface area contributed by atoms with Crippen molar-refractivity contribution >= 4 is 23.2 Å². The third-order valence-corrected chi connectivity index (χ3v) is 4.51. The van der Waals surface area contributed by atoms with E-state index in [0.29, 0.717) is 25.0 Å². The number of hydrogen-bond donors (Lipinski definition) is 2. The highest BCUT2D eigenvalue weighted by Gasteiger charge is 2.31. The first-order valence-electron chi connectivity index (χ1n) is 6.65. The van der Waals surface area contributed by atoms with Gasteiger partial charge in [0.1, 0.15) is 17.0 Å². The van der Waals surface area contributed by atoms with Crippen LogP contribution in [0.4, 0.5) is 0 Å². The Labute approximate surface area is 124 Å². The lowest BCUT2D eigenvalue weighted by atomic mass is 10.1. The van der Waals surface area contributed by atoms with Crippen LogP contribution in [-0.4, -0.2) is 28.0 Å². The second-order valence-electron chi connectivity index (χ2n) is 5.07. The van der Waals surface area contributed by atoms with E-state index in [1.165, 1.54) is 11.3 Å². The molecule has 2 aromatic rings. The van der Waals surface area contributed by atoms with Gasteiger partial charge in [0.15, 0.2) is 0 Å². The zero-order chi connectivity index (χ0) is 14.8. The van der Waals surface area contributed by atoms with Gasteiger partial charge in [0, 0.05) is 17.0 Å². The highest BCUT2D eigenvalue weighted by Crippen LogP contribution is 2.27. The predicted octanol–water partition coefficient (Wildman–Crippen LogP) is 2.39. The van der Waals surface area contributed by atoms with Crippen LogP contribution < -0.4 is 5.32 Å². The molecule has 21 heavy (non-hydrogen) atoms. The van der Waals surface area contributed by atoms with Crippen LogP contribution in [0.3, 0.4) is 0 Å². The van der Waals surface area contributed by atoms with E-state index in [4.69, 9.17) is 9.52 Å². The van der Waals surface area contributed by atoms with Gasteiger partial charge < -0.3 is 14.8 Å². The van der Waals surface area contributed by atoms with Gasteiger partial charge in [0.05, 0.1) is 12.2 Å². The molecule has 2 atom stereocenters. The predicted molar refractivity (Wildman–Crippen MR) is 76.0 cm³/mol. The van der Waals surface area contributed by atoms with Crippen LogP contribution in [0.25, 0.3) is 10.6 Å². The number of amides is 1. The lowest BCUT2D eigenvalue weighted by molar-refractivity contribution is -0.141. The number of aromatic nitrogens is 1. The molecule has 0 unspecified atom stereocenters. The number of nitrogens with one attached hydrogen (secondary N) is 1. The molecule has 2 N–H and O–H groups in total. The zero-order valence-electron chi connectivity index (χ0n) is 11.1. The molecule has 0 aliphatic heterocycles. The summed E-state index contributed by atoms with van der Waals surface area (Å²) in [6.07, 6.45) is 4.93. The van der Waals surface area contributed by atoms with Gasteiger partial charge in [0.25, 0.3) is 5.91 Å². The highest BCUT2D eigenvalue weighted by molar-refractivity contribution is 7.13.